The molecule has 1 heterocycles. The third-order valence-electron chi connectivity index (χ3n) is 2.29. The Bertz CT molecular complexity index is 512. The molecule has 3 nitrogen and oxygen atoms in total. The lowest BCUT2D eigenvalue weighted by molar-refractivity contribution is 0.219. The molecule has 0 spiro atoms. The topological polar surface area (TPSA) is 38.0 Å². The largest absolute Gasteiger partial charge is 0.384 e. The van der Waals surface area contributed by atoms with Crippen molar-refractivity contribution in [1.29, 1.82) is 0 Å². The molecule has 0 fully saturated rings. The van der Waals surface area contributed by atoms with Crippen LogP contribution in [0.1, 0.15) is 17.2 Å². The number of hydrogen-bond donors (Lipinski definition) is 1. The Morgan fingerprint density at radius 2 is 2.25 bits per heavy atom. The molecule has 16 heavy (non-hydrogen) atoms. The minimum Gasteiger partial charge on any atom is -0.384 e. The summed E-state index contributed by atoms with van der Waals surface area (Å²) in [6.07, 6.45) is 2.88. The fourth-order valence-corrected chi connectivity index (χ4v) is 2.49. The number of aryl methyl sites for hydroxylation is 1. The number of halogens is 2. The summed E-state index contributed by atoms with van der Waals surface area (Å²) in [6.45, 7) is 0. The highest BCUT2D eigenvalue weighted by atomic mass is 127. The number of aromatic nitrogens is 2. The number of hydrogen-bond acceptors (Lipinski definition) is 2. The van der Waals surface area contributed by atoms with Crippen LogP contribution in [0.5, 0.6) is 0 Å². The summed E-state index contributed by atoms with van der Waals surface area (Å²) in [5.41, 5.74) is 1.70. The summed E-state index contributed by atoms with van der Waals surface area (Å²) in [5.74, 6) is 0. The molecule has 0 amide bonds. The zero-order valence-electron chi connectivity index (χ0n) is 8.56. The molecule has 2 aromatic rings. The summed E-state index contributed by atoms with van der Waals surface area (Å²) in [7, 11) is 1.84. The SMILES string of the molecule is Cn1cc(C(O)c2cc(Br)ccc2I)cn1. The molecule has 0 aliphatic carbocycles. The van der Waals surface area contributed by atoms with Crippen LogP contribution in [-0.2, 0) is 7.05 Å². The van der Waals surface area contributed by atoms with Gasteiger partial charge in [0.15, 0.2) is 0 Å². The lowest BCUT2D eigenvalue weighted by Gasteiger charge is -2.11. The van der Waals surface area contributed by atoms with Crippen molar-refractivity contribution in [2.45, 2.75) is 6.10 Å². The Morgan fingerprint density at radius 1 is 1.50 bits per heavy atom. The first kappa shape index (κ1) is 12.1. The Balaban J connectivity index is 2.40. The van der Waals surface area contributed by atoms with Gasteiger partial charge in [0.05, 0.1) is 6.20 Å². The third kappa shape index (κ3) is 2.46. The minimum absolute atomic E-state index is 0.627. The molecule has 1 unspecified atom stereocenters. The van der Waals surface area contributed by atoms with Crippen LogP contribution in [0.2, 0.25) is 0 Å². The first-order valence-electron chi connectivity index (χ1n) is 4.69. The van der Waals surface area contributed by atoms with Crippen LogP contribution in [0.4, 0.5) is 0 Å². The summed E-state index contributed by atoms with van der Waals surface area (Å²) in [5, 5.41) is 14.3. The maximum Gasteiger partial charge on any atom is 0.108 e. The molecule has 1 aromatic heterocycles. The zero-order valence-corrected chi connectivity index (χ0v) is 12.3. The van der Waals surface area contributed by atoms with Crippen LogP contribution in [0.15, 0.2) is 35.1 Å². The average Bonchev–Trinajstić information content (AvgIpc) is 2.67. The Hall–Kier alpha value is -0.400. The smallest absolute Gasteiger partial charge is 0.108 e. The molecule has 0 radical (unpaired) electrons. The number of benzene rings is 1. The first-order chi connectivity index (χ1) is 7.58. The molecular formula is C11H10BrIN2O. The maximum absolute atomic E-state index is 10.2. The molecule has 5 heteroatoms. The molecule has 0 aliphatic rings. The van der Waals surface area contributed by atoms with Crippen LogP contribution in [0.25, 0.3) is 0 Å². The zero-order chi connectivity index (χ0) is 11.7. The van der Waals surface area contributed by atoms with Gasteiger partial charge < -0.3 is 5.11 Å². The van der Waals surface area contributed by atoms with E-state index < -0.39 is 6.10 Å². The van der Waals surface area contributed by atoms with Gasteiger partial charge >= 0.3 is 0 Å². The van der Waals surface area contributed by atoms with E-state index in [1.807, 2.05) is 31.4 Å². The van der Waals surface area contributed by atoms with E-state index in [4.69, 9.17) is 0 Å². The van der Waals surface area contributed by atoms with Crippen LogP contribution >= 0.6 is 38.5 Å². The summed E-state index contributed by atoms with van der Waals surface area (Å²) < 4.78 is 3.69. The van der Waals surface area contributed by atoms with E-state index in [9.17, 15) is 5.11 Å². The summed E-state index contributed by atoms with van der Waals surface area (Å²) >= 11 is 5.62. The van der Waals surface area contributed by atoms with E-state index in [2.05, 4.69) is 43.6 Å². The van der Waals surface area contributed by atoms with Gasteiger partial charge in [-0.15, -0.1) is 0 Å². The highest BCUT2D eigenvalue weighted by Gasteiger charge is 2.15. The number of aliphatic hydroxyl groups is 1. The second-order valence-electron chi connectivity index (χ2n) is 3.52. The second kappa shape index (κ2) is 4.85. The van der Waals surface area contributed by atoms with E-state index in [1.54, 1.807) is 10.9 Å². The molecule has 0 aliphatic heterocycles. The van der Waals surface area contributed by atoms with Gasteiger partial charge in [-0.25, -0.2) is 0 Å². The van der Waals surface area contributed by atoms with Crippen LogP contribution < -0.4 is 0 Å². The van der Waals surface area contributed by atoms with Crippen molar-refractivity contribution in [2.24, 2.45) is 7.05 Å². The van der Waals surface area contributed by atoms with Gasteiger partial charge in [-0.05, 0) is 46.4 Å². The fourth-order valence-electron chi connectivity index (χ4n) is 1.49. The highest BCUT2D eigenvalue weighted by Crippen LogP contribution is 2.28. The maximum atomic E-state index is 10.2. The van der Waals surface area contributed by atoms with Gasteiger partial charge in [0.1, 0.15) is 6.10 Å². The summed E-state index contributed by atoms with van der Waals surface area (Å²) in [6, 6.07) is 5.86. The van der Waals surface area contributed by atoms with Gasteiger partial charge in [0.2, 0.25) is 0 Å². The van der Waals surface area contributed by atoms with Gasteiger partial charge in [0, 0.05) is 26.9 Å². The van der Waals surface area contributed by atoms with Gasteiger partial charge in [-0.3, -0.25) is 4.68 Å². The minimum atomic E-state index is -0.627. The van der Waals surface area contributed by atoms with Crippen molar-refractivity contribution in [1.82, 2.24) is 9.78 Å². The van der Waals surface area contributed by atoms with E-state index >= 15 is 0 Å². The number of rotatable bonds is 2. The van der Waals surface area contributed by atoms with E-state index in [1.165, 1.54) is 0 Å². The molecule has 0 bridgehead atoms. The van der Waals surface area contributed by atoms with Crippen molar-refractivity contribution < 1.29 is 5.11 Å². The van der Waals surface area contributed by atoms with Crippen molar-refractivity contribution >= 4 is 38.5 Å². The van der Waals surface area contributed by atoms with E-state index in [-0.39, 0.29) is 0 Å². The standard InChI is InChI=1S/C11H10BrIN2O/c1-15-6-7(5-14-15)11(16)9-4-8(12)2-3-10(9)13/h2-6,11,16H,1H3. The van der Waals surface area contributed by atoms with Crippen LogP contribution in [0, 0.1) is 3.57 Å². The molecule has 1 aromatic carbocycles. The summed E-state index contributed by atoms with van der Waals surface area (Å²) in [4.78, 5) is 0. The average molecular weight is 393 g/mol. The Kier molecular flexibility index (Phi) is 3.66. The third-order valence-corrected chi connectivity index (χ3v) is 3.77. The lowest BCUT2D eigenvalue weighted by atomic mass is 10.1. The van der Waals surface area contributed by atoms with Crippen molar-refractivity contribution in [3.05, 3.63) is 49.8 Å². The molecule has 84 valence electrons. The Labute approximate surface area is 116 Å². The molecule has 1 N–H and O–H groups in total. The second-order valence-corrected chi connectivity index (χ2v) is 5.59. The van der Waals surface area contributed by atoms with Crippen LogP contribution in [0.3, 0.4) is 0 Å². The van der Waals surface area contributed by atoms with Gasteiger partial charge in [-0.1, -0.05) is 15.9 Å². The lowest BCUT2D eigenvalue weighted by Crippen LogP contribution is -2.01. The van der Waals surface area contributed by atoms with E-state index in [0.29, 0.717) is 0 Å². The number of aliphatic hydroxyl groups excluding tert-OH is 1. The highest BCUT2D eigenvalue weighted by molar-refractivity contribution is 14.1. The van der Waals surface area contributed by atoms with Crippen molar-refractivity contribution in [3.8, 4) is 0 Å². The monoisotopic (exact) mass is 392 g/mol. The van der Waals surface area contributed by atoms with Crippen molar-refractivity contribution in [3.63, 3.8) is 0 Å². The van der Waals surface area contributed by atoms with Crippen molar-refractivity contribution in [2.75, 3.05) is 0 Å². The molecule has 0 saturated heterocycles. The normalized spacial score (nSPS) is 12.8. The Morgan fingerprint density at radius 3 is 2.88 bits per heavy atom. The quantitative estimate of drug-likeness (QED) is 0.798. The predicted molar refractivity (Wildman–Crippen MR) is 74.1 cm³/mol. The molecular weight excluding hydrogens is 383 g/mol. The molecule has 2 rings (SSSR count). The number of nitrogens with zero attached hydrogens (tertiary/aromatic N) is 2. The van der Waals surface area contributed by atoms with Crippen LogP contribution in [-0.4, -0.2) is 14.9 Å². The molecule has 1 atom stereocenters. The fraction of sp³-hybridized carbons (Fsp3) is 0.182. The van der Waals surface area contributed by atoms with Gasteiger partial charge in [-0.2, -0.15) is 5.10 Å². The predicted octanol–water partition coefficient (Wildman–Crippen LogP) is 2.87. The molecule has 0 saturated carbocycles. The first-order valence-corrected chi connectivity index (χ1v) is 6.56. The van der Waals surface area contributed by atoms with Gasteiger partial charge in [0.25, 0.3) is 0 Å². The van der Waals surface area contributed by atoms with E-state index in [0.717, 1.165) is 19.2 Å².